The average molecular weight is 413 g/mol. The summed E-state index contributed by atoms with van der Waals surface area (Å²) in [6.45, 7) is 9.59. The van der Waals surface area contributed by atoms with Crippen molar-refractivity contribution in [3.8, 4) is 5.75 Å². The molecule has 0 aromatic heterocycles. The molecule has 0 N–H and O–H groups in total. The van der Waals surface area contributed by atoms with Gasteiger partial charge in [-0.25, -0.2) is 4.39 Å². The number of carbonyl (C=O) groups is 2. The Bertz CT molecular complexity index is 913. The molecule has 0 spiro atoms. The molecule has 1 saturated heterocycles. The van der Waals surface area contributed by atoms with Gasteiger partial charge in [0.2, 0.25) is 0 Å². The van der Waals surface area contributed by atoms with Gasteiger partial charge in [-0.05, 0) is 69.2 Å². The van der Waals surface area contributed by atoms with E-state index in [1.165, 1.54) is 19.1 Å². The number of amides is 1. The van der Waals surface area contributed by atoms with E-state index >= 15 is 0 Å². The van der Waals surface area contributed by atoms with E-state index in [1.807, 2.05) is 18.7 Å². The third-order valence-electron chi connectivity index (χ3n) is 5.67. The molecule has 0 radical (unpaired) electrons. The quantitative estimate of drug-likeness (QED) is 0.677. The third-order valence-corrected chi connectivity index (χ3v) is 5.67. The zero-order valence-corrected chi connectivity index (χ0v) is 18.0. The maximum absolute atomic E-state index is 13.1. The Kier molecular flexibility index (Phi) is 6.87. The van der Waals surface area contributed by atoms with E-state index in [2.05, 4.69) is 11.8 Å². The van der Waals surface area contributed by atoms with Gasteiger partial charge in [-0.2, -0.15) is 0 Å². The summed E-state index contributed by atoms with van der Waals surface area (Å²) in [7, 11) is 0. The first-order valence-corrected chi connectivity index (χ1v) is 10.3. The molecule has 0 saturated carbocycles. The van der Waals surface area contributed by atoms with Gasteiger partial charge in [0.25, 0.3) is 5.91 Å². The van der Waals surface area contributed by atoms with Crippen LogP contribution in [0.3, 0.4) is 0 Å². The standard InChI is InChI=1S/C24H29FN2O3/c1-16-11-21(19(4)28)7-10-23(16)30-15-24(29)27-13-17(2)26(12-18(27)3)14-20-5-8-22(25)9-6-20/h5-11,17-18H,12-15H2,1-4H3/t17-,18+/m1/s1. The number of Topliss-reactive ketones (excluding diaryl/α,β-unsaturated/α-hetero) is 1. The van der Waals surface area contributed by atoms with Crippen molar-refractivity contribution in [2.75, 3.05) is 19.7 Å². The van der Waals surface area contributed by atoms with E-state index in [9.17, 15) is 14.0 Å². The molecule has 0 aliphatic carbocycles. The highest BCUT2D eigenvalue weighted by molar-refractivity contribution is 5.94. The molecule has 1 aliphatic rings. The van der Waals surface area contributed by atoms with Gasteiger partial charge in [-0.3, -0.25) is 14.5 Å². The van der Waals surface area contributed by atoms with Crippen LogP contribution in [0.2, 0.25) is 0 Å². The Morgan fingerprint density at radius 1 is 1.07 bits per heavy atom. The number of piperazine rings is 1. The van der Waals surface area contributed by atoms with E-state index in [1.54, 1.807) is 30.3 Å². The van der Waals surface area contributed by atoms with Crippen LogP contribution in [0, 0.1) is 12.7 Å². The second-order valence-electron chi connectivity index (χ2n) is 8.13. The highest BCUT2D eigenvalue weighted by Crippen LogP contribution is 2.21. The number of hydrogen-bond acceptors (Lipinski definition) is 4. The monoisotopic (exact) mass is 412 g/mol. The van der Waals surface area contributed by atoms with Crippen molar-refractivity contribution >= 4 is 11.7 Å². The SMILES string of the molecule is CC(=O)c1ccc(OCC(=O)N2C[C@@H](C)N(Cc3ccc(F)cc3)C[C@@H]2C)c(C)c1. The van der Waals surface area contributed by atoms with Crippen LogP contribution in [-0.4, -0.2) is 53.3 Å². The van der Waals surface area contributed by atoms with E-state index < -0.39 is 0 Å². The molecular weight excluding hydrogens is 383 g/mol. The maximum atomic E-state index is 13.1. The Balaban J connectivity index is 1.57. The highest BCUT2D eigenvalue weighted by Gasteiger charge is 2.32. The molecule has 30 heavy (non-hydrogen) atoms. The van der Waals surface area contributed by atoms with E-state index in [4.69, 9.17) is 4.74 Å². The predicted molar refractivity (Wildman–Crippen MR) is 114 cm³/mol. The lowest BCUT2D eigenvalue weighted by Crippen LogP contribution is -2.58. The van der Waals surface area contributed by atoms with Crippen LogP contribution in [-0.2, 0) is 11.3 Å². The molecule has 2 aromatic carbocycles. The minimum Gasteiger partial charge on any atom is -0.483 e. The summed E-state index contributed by atoms with van der Waals surface area (Å²) in [5.41, 5.74) is 2.52. The number of benzene rings is 2. The number of ether oxygens (including phenoxy) is 1. The van der Waals surface area contributed by atoms with Crippen molar-refractivity contribution in [2.24, 2.45) is 0 Å². The fourth-order valence-electron chi connectivity index (χ4n) is 3.84. The van der Waals surface area contributed by atoms with Gasteiger partial charge >= 0.3 is 0 Å². The van der Waals surface area contributed by atoms with E-state index in [0.29, 0.717) is 17.9 Å². The number of halogens is 1. The summed E-state index contributed by atoms with van der Waals surface area (Å²) >= 11 is 0. The summed E-state index contributed by atoms with van der Waals surface area (Å²) in [5.74, 6) is 0.332. The fraction of sp³-hybridized carbons (Fsp3) is 0.417. The zero-order chi connectivity index (χ0) is 21.8. The van der Waals surface area contributed by atoms with Gasteiger partial charge in [0.15, 0.2) is 12.4 Å². The smallest absolute Gasteiger partial charge is 0.260 e. The van der Waals surface area contributed by atoms with E-state index in [-0.39, 0.29) is 36.2 Å². The summed E-state index contributed by atoms with van der Waals surface area (Å²) < 4.78 is 18.9. The molecule has 3 rings (SSSR count). The van der Waals surface area contributed by atoms with Crippen LogP contribution in [0.25, 0.3) is 0 Å². The van der Waals surface area contributed by atoms with Gasteiger partial charge in [-0.1, -0.05) is 12.1 Å². The third kappa shape index (κ3) is 5.25. The van der Waals surface area contributed by atoms with Crippen LogP contribution >= 0.6 is 0 Å². The number of carbonyl (C=O) groups excluding carboxylic acids is 2. The van der Waals surface area contributed by atoms with Crippen LogP contribution in [0.5, 0.6) is 5.75 Å². The molecule has 2 atom stereocenters. The van der Waals surface area contributed by atoms with E-state index in [0.717, 1.165) is 24.2 Å². The Hall–Kier alpha value is -2.73. The minimum atomic E-state index is -0.234. The second-order valence-corrected chi connectivity index (χ2v) is 8.13. The van der Waals surface area contributed by atoms with Gasteiger partial charge < -0.3 is 9.64 Å². The number of ketones is 1. The molecule has 0 bridgehead atoms. The average Bonchev–Trinajstić information content (AvgIpc) is 2.70. The lowest BCUT2D eigenvalue weighted by atomic mass is 10.1. The number of rotatable bonds is 6. The van der Waals surface area contributed by atoms with Crippen LogP contribution in [0.4, 0.5) is 4.39 Å². The molecule has 1 heterocycles. The van der Waals surface area contributed by atoms with Crippen LogP contribution < -0.4 is 4.74 Å². The number of aryl methyl sites for hydroxylation is 1. The summed E-state index contributed by atoms with van der Waals surface area (Å²) in [6.07, 6.45) is 0. The van der Waals surface area contributed by atoms with Gasteiger partial charge in [0, 0.05) is 37.3 Å². The molecule has 1 fully saturated rings. The van der Waals surface area contributed by atoms with Crippen molar-refractivity contribution in [3.05, 3.63) is 65.0 Å². The van der Waals surface area contributed by atoms with Gasteiger partial charge in [0.05, 0.1) is 0 Å². The largest absolute Gasteiger partial charge is 0.483 e. The predicted octanol–water partition coefficient (Wildman–Crippen LogP) is 3.84. The van der Waals surface area contributed by atoms with Crippen molar-refractivity contribution < 1.29 is 18.7 Å². The first kappa shape index (κ1) is 22.0. The Morgan fingerprint density at radius 2 is 1.77 bits per heavy atom. The molecule has 5 nitrogen and oxygen atoms in total. The Labute approximate surface area is 177 Å². The minimum absolute atomic E-state index is 0.00190. The van der Waals surface area contributed by atoms with Crippen LogP contribution in [0.1, 0.15) is 42.3 Å². The van der Waals surface area contributed by atoms with Gasteiger partial charge in [0.1, 0.15) is 11.6 Å². The summed E-state index contributed by atoms with van der Waals surface area (Å²) in [4.78, 5) is 28.5. The van der Waals surface area contributed by atoms with Gasteiger partial charge in [-0.15, -0.1) is 0 Å². The number of nitrogens with zero attached hydrogens (tertiary/aromatic N) is 2. The lowest BCUT2D eigenvalue weighted by Gasteiger charge is -2.44. The molecule has 2 aromatic rings. The Morgan fingerprint density at radius 3 is 2.40 bits per heavy atom. The van der Waals surface area contributed by atoms with Crippen molar-refractivity contribution in [1.29, 1.82) is 0 Å². The van der Waals surface area contributed by atoms with Crippen molar-refractivity contribution in [3.63, 3.8) is 0 Å². The maximum Gasteiger partial charge on any atom is 0.260 e. The molecule has 1 amide bonds. The fourth-order valence-corrected chi connectivity index (χ4v) is 3.84. The molecular formula is C24H29FN2O3. The normalized spacial score (nSPS) is 19.6. The van der Waals surface area contributed by atoms with Crippen molar-refractivity contribution in [1.82, 2.24) is 9.80 Å². The molecule has 6 heteroatoms. The topological polar surface area (TPSA) is 49.9 Å². The zero-order valence-electron chi connectivity index (χ0n) is 18.0. The summed E-state index contributed by atoms with van der Waals surface area (Å²) in [5, 5.41) is 0. The highest BCUT2D eigenvalue weighted by atomic mass is 19.1. The summed E-state index contributed by atoms with van der Waals surface area (Å²) in [6, 6.07) is 12.0. The van der Waals surface area contributed by atoms with Crippen LogP contribution in [0.15, 0.2) is 42.5 Å². The lowest BCUT2D eigenvalue weighted by molar-refractivity contribution is -0.139. The molecule has 160 valence electrons. The second kappa shape index (κ2) is 9.39. The molecule has 0 unspecified atom stereocenters. The first-order valence-electron chi connectivity index (χ1n) is 10.3. The number of hydrogen-bond donors (Lipinski definition) is 0. The first-order chi connectivity index (χ1) is 14.2. The van der Waals surface area contributed by atoms with Crippen molar-refractivity contribution in [2.45, 2.75) is 46.3 Å². The molecule has 1 aliphatic heterocycles.